The molecule has 0 radical (unpaired) electrons. The van der Waals surface area contributed by atoms with E-state index in [0.29, 0.717) is 17.3 Å². The minimum Gasteiger partial charge on any atom is -0.309 e. The van der Waals surface area contributed by atoms with Gasteiger partial charge in [-0.15, -0.1) is 0 Å². The van der Waals surface area contributed by atoms with Crippen LogP contribution in [0.1, 0.15) is 42.7 Å². The number of carbonyl (C=O) groups excluding carboxylic acids is 1. The molecule has 0 atom stereocenters. The predicted octanol–water partition coefficient (Wildman–Crippen LogP) is 4.53. The number of carbonyl (C=O) groups is 1. The number of benzene rings is 1. The van der Waals surface area contributed by atoms with Crippen LogP contribution >= 0.6 is 11.6 Å². The number of aromatic nitrogens is 1. The first-order valence-corrected chi connectivity index (χ1v) is 7.45. The van der Waals surface area contributed by atoms with Crippen LogP contribution in [0.5, 0.6) is 0 Å². The Labute approximate surface area is 130 Å². The van der Waals surface area contributed by atoms with E-state index in [1.54, 1.807) is 11.0 Å². The Balaban J connectivity index is 2.38. The average Bonchev–Trinajstić information content (AvgIpc) is 2.48. The van der Waals surface area contributed by atoms with E-state index in [1.165, 1.54) is 0 Å². The molecule has 0 aliphatic rings. The SMILES string of the molecule is CCN(C(=O)c1cc(Cl)nc(C(C)C)c1)c1ccccc1. The molecule has 0 bridgehead atoms. The Bertz CT molecular complexity index is 626. The summed E-state index contributed by atoms with van der Waals surface area (Å²) < 4.78 is 0. The number of para-hydroxylation sites is 1. The number of rotatable bonds is 4. The first-order valence-electron chi connectivity index (χ1n) is 7.07. The molecule has 1 aromatic heterocycles. The average molecular weight is 303 g/mol. The van der Waals surface area contributed by atoms with E-state index in [4.69, 9.17) is 11.6 Å². The van der Waals surface area contributed by atoms with Gasteiger partial charge in [-0.05, 0) is 37.1 Å². The molecule has 2 aromatic rings. The summed E-state index contributed by atoms with van der Waals surface area (Å²) in [6, 6.07) is 13.1. The minimum atomic E-state index is -0.0603. The third-order valence-corrected chi connectivity index (χ3v) is 3.48. The Hall–Kier alpha value is -1.87. The third-order valence-electron chi connectivity index (χ3n) is 3.28. The maximum atomic E-state index is 12.7. The fourth-order valence-electron chi connectivity index (χ4n) is 2.14. The molecule has 0 spiro atoms. The lowest BCUT2D eigenvalue weighted by Crippen LogP contribution is -2.30. The molecule has 0 N–H and O–H groups in total. The van der Waals surface area contributed by atoms with Crippen LogP contribution in [0, 0.1) is 0 Å². The highest BCUT2D eigenvalue weighted by atomic mass is 35.5. The summed E-state index contributed by atoms with van der Waals surface area (Å²) in [5, 5.41) is 0.355. The molecule has 0 saturated carbocycles. The van der Waals surface area contributed by atoms with Crippen molar-refractivity contribution < 1.29 is 4.79 Å². The molecule has 0 fully saturated rings. The number of pyridine rings is 1. The maximum Gasteiger partial charge on any atom is 0.258 e. The highest BCUT2D eigenvalue weighted by molar-refractivity contribution is 6.29. The predicted molar refractivity (Wildman–Crippen MR) is 87.1 cm³/mol. The van der Waals surface area contributed by atoms with E-state index in [9.17, 15) is 4.79 Å². The van der Waals surface area contributed by atoms with E-state index < -0.39 is 0 Å². The molecule has 2 rings (SSSR count). The van der Waals surface area contributed by atoms with Crippen LogP contribution in [-0.2, 0) is 0 Å². The zero-order valence-corrected chi connectivity index (χ0v) is 13.3. The second-order valence-electron chi connectivity index (χ2n) is 5.14. The smallest absolute Gasteiger partial charge is 0.258 e. The van der Waals surface area contributed by atoms with Gasteiger partial charge >= 0.3 is 0 Å². The molecule has 0 aliphatic carbocycles. The van der Waals surface area contributed by atoms with E-state index in [-0.39, 0.29) is 11.8 Å². The number of amides is 1. The van der Waals surface area contributed by atoms with Crippen molar-refractivity contribution in [2.24, 2.45) is 0 Å². The van der Waals surface area contributed by atoms with Gasteiger partial charge in [0.2, 0.25) is 0 Å². The van der Waals surface area contributed by atoms with E-state index >= 15 is 0 Å². The fourth-order valence-corrected chi connectivity index (χ4v) is 2.36. The number of anilines is 1. The third kappa shape index (κ3) is 3.61. The van der Waals surface area contributed by atoms with E-state index in [0.717, 1.165) is 11.4 Å². The number of nitrogens with zero attached hydrogens (tertiary/aromatic N) is 2. The topological polar surface area (TPSA) is 33.2 Å². The second-order valence-corrected chi connectivity index (χ2v) is 5.53. The van der Waals surface area contributed by atoms with E-state index in [1.807, 2.05) is 57.2 Å². The van der Waals surface area contributed by atoms with Crippen molar-refractivity contribution in [1.29, 1.82) is 0 Å². The normalized spacial score (nSPS) is 10.7. The summed E-state index contributed by atoms with van der Waals surface area (Å²) in [6.07, 6.45) is 0. The number of hydrogen-bond donors (Lipinski definition) is 0. The molecule has 1 heterocycles. The highest BCUT2D eigenvalue weighted by Crippen LogP contribution is 2.21. The molecule has 3 nitrogen and oxygen atoms in total. The lowest BCUT2D eigenvalue weighted by Gasteiger charge is -2.21. The minimum absolute atomic E-state index is 0.0603. The largest absolute Gasteiger partial charge is 0.309 e. The number of halogens is 1. The molecule has 4 heteroatoms. The van der Waals surface area contributed by atoms with Crippen molar-refractivity contribution in [3.8, 4) is 0 Å². The summed E-state index contributed by atoms with van der Waals surface area (Å²) in [5.74, 6) is 0.164. The van der Waals surface area contributed by atoms with Gasteiger partial charge < -0.3 is 4.90 Å². The standard InChI is InChI=1S/C17H19ClN2O/c1-4-20(14-8-6-5-7-9-14)17(21)13-10-15(12(2)3)19-16(18)11-13/h5-12H,4H2,1-3H3. The van der Waals surface area contributed by atoms with Crippen LogP contribution in [0.3, 0.4) is 0 Å². The van der Waals surface area contributed by atoms with Gasteiger partial charge in [0.1, 0.15) is 5.15 Å². The molecule has 0 saturated heterocycles. The van der Waals surface area contributed by atoms with Gasteiger partial charge in [0.15, 0.2) is 0 Å². The van der Waals surface area contributed by atoms with Crippen LogP contribution < -0.4 is 4.90 Å². The highest BCUT2D eigenvalue weighted by Gasteiger charge is 2.18. The Kier molecular flexibility index (Phi) is 4.97. The molecule has 21 heavy (non-hydrogen) atoms. The summed E-state index contributed by atoms with van der Waals surface area (Å²) in [5.41, 5.74) is 2.28. The van der Waals surface area contributed by atoms with E-state index in [2.05, 4.69) is 4.98 Å². The summed E-state index contributed by atoms with van der Waals surface area (Å²) in [4.78, 5) is 18.7. The van der Waals surface area contributed by atoms with Crippen LogP contribution in [0.25, 0.3) is 0 Å². The quantitative estimate of drug-likeness (QED) is 0.778. The van der Waals surface area contributed by atoms with Gasteiger partial charge in [-0.3, -0.25) is 4.79 Å². The van der Waals surface area contributed by atoms with Crippen LogP contribution in [0.15, 0.2) is 42.5 Å². The fraction of sp³-hybridized carbons (Fsp3) is 0.294. The molecule has 0 unspecified atom stereocenters. The van der Waals surface area contributed by atoms with Gasteiger partial charge in [0.25, 0.3) is 5.91 Å². The molecule has 110 valence electrons. The molecular formula is C17H19ClN2O. The zero-order chi connectivity index (χ0) is 15.4. The van der Waals surface area contributed by atoms with Gasteiger partial charge in [-0.25, -0.2) is 4.98 Å². The van der Waals surface area contributed by atoms with Gasteiger partial charge in [0, 0.05) is 23.5 Å². The summed E-state index contributed by atoms with van der Waals surface area (Å²) >= 11 is 6.05. The Morgan fingerprint density at radius 2 is 1.90 bits per heavy atom. The first kappa shape index (κ1) is 15.5. The zero-order valence-electron chi connectivity index (χ0n) is 12.5. The van der Waals surface area contributed by atoms with Crippen molar-refractivity contribution in [3.63, 3.8) is 0 Å². The van der Waals surface area contributed by atoms with Crippen molar-refractivity contribution in [3.05, 3.63) is 58.9 Å². The molecule has 0 aliphatic heterocycles. The van der Waals surface area contributed by atoms with Gasteiger partial charge in [0.05, 0.1) is 0 Å². The van der Waals surface area contributed by atoms with Crippen molar-refractivity contribution in [2.45, 2.75) is 26.7 Å². The van der Waals surface area contributed by atoms with Crippen LogP contribution in [-0.4, -0.2) is 17.4 Å². The van der Waals surface area contributed by atoms with Crippen molar-refractivity contribution in [2.75, 3.05) is 11.4 Å². The molecule has 1 aromatic carbocycles. The lowest BCUT2D eigenvalue weighted by molar-refractivity contribution is 0.0988. The molecular weight excluding hydrogens is 284 g/mol. The molecule has 1 amide bonds. The van der Waals surface area contributed by atoms with Gasteiger partial charge in [-0.1, -0.05) is 43.6 Å². The second kappa shape index (κ2) is 6.72. The monoisotopic (exact) mass is 302 g/mol. The van der Waals surface area contributed by atoms with Gasteiger partial charge in [-0.2, -0.15) is 0 Å². The number of hydrogen-bond acceptors (Lipinski definition) is 2. The summed E-state index contributed by atoms with van der Waals surface area (Å²) in [7, 11) is 0. The Morgan fingerprint density at radius 3 is 2.48 bits per heavy atom. The lowest BCUT2D eigenvalue weighted by atomic mass is 10.1. The Morgan fingerprint density at radius 1 is 1.24 bits per heavy atom. The maximum absolute atomic E-state index is 12.7. The van der Waals surface area contributed by atoms with Crippen LogP contribution in [0.2, 0.25) is 5.15 Å². The van der Waals surface area contributed by atoms with Crippen molar-refractivity contribution in [1.82, 2.24) is 4.98 Å². The summed E-state index contributed by atoms with van der Waals surface area (Å²) in [6.45, 7) is 6.61. The van der Waals surface area contributed by atoms with Crippen LogP contribution in [0.4, 0.5) is 5.69 Å². The first-order chi connectivity index (χ1) is 10.0. The van der Waals surface area contributed by atoms with Crippen molar-refractivity contribution >= 4 is 23.2 Å².